The van der Waals surface area contributed by atoms with Crippen LogP contribution in [0.3, 0.4) is 0 Å². The van der Waals surface area contributed by atoms with E-state index in [-0.39, 0.29) is 6.42 Å². The van der Waals surface area contributed by atoms with E-state index in [1.807, 2.05) is 0 Å². The molecule has 1 N–H and O–H groups in total. The summed E-state index contributed by atoms with van der Waals surface area (Å²) in [5, 5.41) is 8.42. The van der Waals surface area contributed by atoms with Crippen LogP contribution >= 0.6 is 34.8 Å². The second kappa shape index (κ2) is 9.38. The number of hydrogen-bond acceptors (Lipinski definition) is 1. The van der Waals surface area contributed by atoms with Crippen LogP contribution in [-0.2, 0) is 4.79 Å². The Morgan fingerprint density at radius 2 is 1.31 bits per heavy atom. The molecule has 0 amide bonds. The maximum atomic E-state index is 10.2. The van der Waals surface area contributed by atoms with Gasteiger partial charge in [-0.3, -0.25) is 4.79 Å². The smallest absolute Gasteiger partial charge is 0.303 e. The third-order valence-corrected chi connectivity index (χ3v) is 2.92. The number of hydrogen-bond donors (Lipinski definition) is 1. The lowest BCUT2D eigenvalue weighted by atomic mass is 10.1. The highest BCUT2D eigenvalue weighted by Gasteiger charge is 2.17. The predicted molar refractivity (Wildman–Crippen MR) is 69.5 cm³/mol. The van der Waals surface area contributed by atoms with Crippen LogP contribution in [0.2, 0.25) is 0 Å². The Hall–Kier alpha value is 0.340. The molecule has 0 heterocycles. The molecule has 0 atom stereocenters. The zero-order valence-electron chi connectivity index (χ0n) is 9.35. The number of unbranched alkanes of at least 4 members (excludes halogenated alkanes) is 6. The molecule has 0 fully saturated rings. The van der Waals surface area contributed by atoms with Crippen LogP contribution in [0.1, 0.15) is 57.8 Å². The van der Waals surface area contributed by atoms with Crippen molar-refractivity contribution < 1.29 is 9.90 Å². The highest BCUT2D eigenvalue weighted by atomic mass is 35.6. The fourth-order valence-corrected chi connectivity index (χ4v) is 1.89. The number of carbonyl (C=O) groups is 1. The maximum absolute atomic E-state index is 10.2. The molecule has 16 heavy (non-hydrogen) atoms. The first-order valence-corrected chi connectivity index (χ1v) is 6.84. The van der Waals surface area contributed by atoms with Crippen LogP contribution in [0.25, 0.3) is 0 Å². The summed E-state index contributed by atoms with van der Waals surface area (Å²) in [4.78, 5) is 10.2. The first-order chi connectivity index (χ1) is 7.42. The van der Waals surface area contributed by atoms with E-state index >= 15 is 0 Å². The zero-order valence-corrected chi connectivity index (χ0v) is 11.6. The first kappa shape index (κ1) is 16.3. The average Bonchev–Trinajstić information content (AvgIpc) is 2.13. The Labute approximate surface area is 112 Å². The number of halogens is 3. The molecule has 0 radical (unpaired) electrons. The van der Waals surface area contributed by atoms with E-state index < -0.39 is 9.76 Å². The predicted octanol–water partition coefficient (Wildman–Crippen LogP) is 4.95. The van der Waals surface area contributed by atoms with Gasteiger partial charge in [-0.05, 0) is 19.3 Å². The minimum atomic E-state index is -1.11. The van der Waals surface area contributed by atoms with Crippen molar-refractivity contribution in [2.75, 3.05) is 0 Å². The van der Waals surface area contributed by atoms with E-state index in [0.29, 0.717) is 6.42 Å². The van der Waals surface area contributed by atoms with Crippen LogP contribution in [0.5, 0.6) is 0 Å². The van der Waals surface area contributed by atoms with Gasteiger partial charge < -0.3 is 5.11 Å². The molecule has 0 aromatic rings. The summed E-state index contributed by atoms with van der Waals surface area (Å²) in [5.41, 5.74) is 0. The SMILES string of the molecule is O=C(O)CCCCCCCCCC(Cl)(Cl)Cl. The normalized spacial score (nSPS) is 11.7. The summed E-state index contributed by atoms with van der Waals surface area (Å²) in [7, 11) is 0. The first-order valence-electron chi connectivity index (χ1n) is 5.70. The molecule has 0 unspecified atom stereocenters. The Morgan fingerprint density at radius 1 is 0.875 bits per heavy atom. The van der Waals surface area contributed by atoms with Crippen LogP contribution in [0.15, 0.2) is 0 Å². The Balaban J connectivity index is 3.07. The molecule has 0 aliphatic rings. The molecule has 0 spiro atoms. The molecule has 96 valence electrons. The molecule has 0 rings (SSSR count). The number of carboxylic acids is 1. The largest absolute Gasteiger partial charge is 0.481 e. The van der Waals surface area contributed by atoms with E-state index in [9.17, 15) is 4.79 Å². The zero-order chi connectivity index (χ0) is 12.4. The van der Waals surface area contributed by atoms with Crippen molar-refractivity contribution in [1.82, 2.24) is 0 Å². The fraction of sp³-hybridized carbons (Fsp3) is 0.909. The molecule has 0 aliphatic carbocycles. The molecule has 0 saturated carbocycles. The number of alkyl halides is 3. The number of rotatable bonds is 9. The quantitative estimate of drug-likeness (QED) is 0.481. The van der Waals surface area contributed by atoms with Gasteiger partial charge in [0.2, 0.25) is 0 Å². The maximum Gasteiger partial charge on any atom is 0.303 e. The molecule has 0 aromatic heterocycles. The number of aliphatic carboxylic acids is 1. The minimum absolute atomic E-state index is 0.285. The van der Waals surface area contributed by atoms with Crippen molar-refractivity contribution in [2.24, 2.45) is 0 Å². The monoisotopic (exact) mass is 288 g/mol. The van der Waals surface area contributed by atoms with Gasteiger partial charge in [-0.25, -0.2) is 0 Å². The van der Waals surface area contributed by atoms with E-state index in [1.165, 1.54) is 0 Å². The lowest BCUT2D eigenvalue weighted by Gasteiger charge is -2.09. The Morgan fingerprint density at radius 3 is 1.75 bits per heavy atom. The van der Waals surface area contributed by atoms with E-state index in [2.05, 4.69) is 0 Å². The van der Waals surface area contributed by atoms with Gasteiger partial charge in [-0.15, -0.1) is 0 Å². The Kier molecular flexibility index (Phi) is 9.58. The summed E-state index contributed by atoms with van der Waals surface area (Å²) >= 11 is 16.9. The second-order valence-corrected chi connectivity index (χ2v) is 6.50. The van der Waals surface area contributed by atoms with Crippen molar-refractivity contribution in [3.63, 3.8) is 0 Å². The molecule has 0 aromatic carbocycles. The number of carboxylic acid groups (broad SMARTS) is 1. The molecular weight excluding hydrogens is 270 g/mol. The minimum Gasteiger partial charge on any atom is -0.481 e. The van der Waals surface area contributed by atoms with Crippen molar-refractivity contribution in [1.29, 1.82) is 0 Å². The second-order valence-electron chi connectivity index (χ2n) is 3.98. The topological polar surface area (TPSA) is 37.3 Å². The Bertz CT molecular complexity index is 190. The van der Waals surface area contributed by atoms with Crippen LogP contribution in [0, 0.1) is 0 Å². The molecule has 2 nitrogen and oxygen atoms in total. The van der Waals surface area contributed by atoms with Gasteiger partial charge in [0, 0.05) is 6.42 Å². The summed E-state index contributed by atoms with van der Waals surface area (Å²) < 4.78 is -1.11. The van der Waals surface area contributed by atoms with Crippen molar-refractivity contribution >= 4 is 40.8 Å². The van der Waals surface area contributed by atoms with Crippen LogP contribution in [-0.4, -0.2) is 14.9 Å². The lowest BCUT2D eigenvalue weighted by Crippen LogP contribution is -2.00. The van der Waals surface area contributed by atoms with Gasteiger partial charge in [0.05, 0.1) is 0 Å². The summed E-state index contributed by atoms with van der Waals surface area (Å²) in [6, 6.07) is 0. The average molecular weight is 290 g/mol. The van der Waals surface area contributed by atoms with Gasteiger partial charge in [0.15, 0.2) is 3.79 Å². The molecular formula is C11H19Cl3O2. The highest BCUT2D eigenvalue weighted by molar-refractivity contribution is 6.67. The van der Waals surface area contributed by atoms with Crippen LogP contribution < -0.4 is 0 Å². The third-order valence-electron chi connectivity index (χ3n) is 2.35. The molecule has 0 saturated heterocycles. The highest BCUT2D eigenvalue weighted by Crippen LogP contribution is 2.32. The summed E-state index contributed by atoms with van der Waals surface area (Å²) in [6.45, 7) is 0. The van der Waals surface area contributed by atoms with E-state index in [1.54, 1.807) is 0 Å². The van der Waals surface area contributed by atoms with Gasteiger partial charge in [0.25, 0.3) is 0 Å². The summed E-state index contributed by atoms with van der Waals surface area (Å²) in [6.07, 6.45) is 8.05. The van der Waals surface area contributed by atoms with Gasteiger partial charge in [0.1, 0.15) is 0 Å². The van der Waals surface area contributed by atoms with Crippen molar-refractivity contribution in [2.45, 2.75) is 61.6 Å². The lowest BCUT2D eigenvalue weighted by molar-refractivity contribution is -0.137. The summed E-state index contributed by atoms with van der Waals surface area (Å²) in [5.74, 6) is -0.706. The van der Waals surface area contributed by atoms with E-state index in [0.717, 1.165) is 44.9 Å². The van der Waals surface area contributed by atoms with Gasteiger partial charge in [-0.1, -0.05) is 66.9 Å². The van der Waals surface area contributed by atoms with E-state index in [4.69, 9.17) is 39.9 Å². The van der Waals surface area contributed by atoms with Gasteiger partial charge in [-0.2, -0.15) is 0 Å². The standard InChI is InChI=1S/C11H19Cl3O2/c12-11(13,14)9-7-5-3-1-2-4-6-8-10(15)16/h1-9H2,(H,15,16). The molecule has 5 heteroatoms. The fourth-order valence-electron chi connectivity index (χ4n) is 1.49. The molecule has 0 bridgehead atoms. The third kappa shape index (κ3) is 14.3. The van der Waals surface area contributed by atoms with Crippen molar-refractivity contribution in [3.05, 3.63) is 0 Å². The van der Waals surface area contributed by atoms with Gasteiger partial charge >= 0.3 is 5.97 Å². The van der Waals surface area contributed by atoms with Crippen LogP contribution in [0.4, 0.5) is 0 Å². The van der Waals surface area contributed by atoms with Crippen molar-refractivity contribution in [3.8, 4) is 0 Å². The molecule has 0 aliphatic heterocycles.